The number of nitrogens with two attached hydrogens (primary N) is 1. The fourth-order valence-corrected chi connectivity index (χ4v) is 1.15. The molecule has 12 heavy (non-hydrogen) atoms. The van der Waals surface area contributed by atoms with Crippen LogP contribution in [0.4, 0.5) is 0 Å². The Hall–Kier alpha value is -1.09. The number of carbonyl (C=O) groups excluding carboxylic acids is 1. The second kappa shape index (κ2) is 4.07. The summed E-state index contributed by atoms with van der Waals surface area (Å²) in [5.74, 6) is -0.234. The molecular weight excluding hydrogens is 154 g/mol. The van der Waals surface area contributed by atoms with E-state index >= 15 is 0 Å². The SMILES string of the molecule is COC(=O)C1=CC=C(CN)CC1. The van der Waals surface area contributed by atoms with Gasteiger partial charge in [0.25, 0.3) is 0 Å². The second-order valence-corrected chi connectivity index (χ2v) is 2.71. The van der Waals surface area contributed by atoms with Gasteiger partial charge in [-0.2, -0.15) is 0 Å². The Morgan fingerprint density at radius 1 is 1.58 bits per heavy atom. The highest BCUT2D eigenvalue weighted by Crippen LogP contribution is 2.17. The molecule has 0 aromatic heterocycles. The molecule has 0 bridgehead atoms. The topological polar surface area (TPSA) is 52.3 Å². The largest absolute Gasteiger partial charge is 0.466 e. The van der Waals surface area contributed by atoms with Gasteiger partial charge in [-0.05, 0) is 12.8 Å². The number of allylic oxidation sites excluding steroid dienone is 2. The van der Waals surface area contributed by atoms with E-state index in [1.54, 1.807) is 6.08 Å². The first-order valence-electron chi connectivity index (χ1n) is 3.95. The number of carbonyl (C=O) groups is 1. The predicted molar refractivity (Wildman–Crippen MR) is 46.5 cm³/mol. The van der Waals surface area contributed by atoms with Crippen molar-refractivity contribution in [2.75, 3.05) is 13.7 Å². The predicted octanol–water partition coefficient (Wildman–Crippen LogP) is 0.765. The van der Waals surface area contributed by atoms with Crippen molar-refractivity contribution >= 4 is 5.97 Å². The minimum atomic E-state index is -0.234. The number of hydrogen-bond donors (Lipinski definition) is 1. The lowest BCUT2D eigenvalue weighted by Gasteiger charge is -2.10. The van der Waals surface area contributed by atoms with Gasteiger partial charge in [-0.15, -0.1) is 0 Å². The van der Waals surface area contributed by atoms with Crippen LogP contribution in [0, 0.1) is 0 Å². The fourth-order valence-electron chi connectivity index (χ4n) is 1.15. The number of esters is 1. The van der Waals surface area contributed by atoms with Crippen molar-refractivity contribution in [2.24, 2.45) is 5.73 Å². The van der Waals surface area contributed by atoms with Gasteiger partial charge >= 0.3 is 5.97 Å². The number of methoxy groups -OCH3 is 1. The third-order valence-electron chi connectivity index (χ3n) is 1.95. The fraction of sp³-hybridized carbons (Fsp3) is 0.444. The minimum Gasteiger partial charge on any atom is -0.466 e. The highest BCUT2D eigenvalue weighted by Gasteiger charge is 2.12. The van der Waals surface area contributed by atoms with E-state index in [0.29, 0.717) is 6.54 Å². The molecular formula is C9H13NO2. The maximum absolute atomic E-state index is 11.0. The third-order valence-corrected chi connectivity index (χ3v) is 1.95. The van der Waals surface area contributed by atoms with E-state index in [1.807, 2.05) is 6.08 Å². The van der Waals surface area contributed by atoms with E-state index < -0.39 is 0 Å². The molecule has 0 unspecified atom stereocenters. The molecule has 1 aliphatic carbocycles. The molecule has 0 amide bonds. The van der Waals surface area contributed by atoms with Crippen LogP contribution in [0.3, 0.4) is 0 Å². The van der Waals surface area contributed by atoms with Crippen molar-refractivity contribution in [3.05, 3.63) is 23.3 Å². The monoisotopic (exact) mass is 167 g/mol. The van der Waals surface area contributed by atoms with Gasteiger partial charge in [-0.3, -0.25) is 0 Å². The van der Waals surface area contributed by atoms with Crippen molar-refractivity contribution in [1.82, 2.24) is 0 Å². The quantitative estimate of drug-likeness (QED) is 0.618. The van der Waals surface area contributed by atoms with E-state index in [0.717, 1.165) is 18.4 Å². The molecule has 0 heterocycles. The average molecular weight is 167 g/mol. The van der Waals surface area contributed by atoms with Crippen molar-refractivity contribution in [1.29, 1.82) is 0 Å². The zero-order valence-corrected chi connectivity index (χ0v) is 7.17. The summed E-state index contributed by atoms with van der Waals surface area (Å²) in [5, 5.41) is 0. The molecule has 1 aliphatic rings. The summed E-state index contributed by atoms with van der Waals surface area (Å²) in [5.41, 5.74) is 7.36. The van der Waals surface area contributed by atoms with Gasteiger partial charge in [0.05, 0.1) is 7.11 Å². The lowest BCUT2D eigenvalue weighted by Crippen LogP contribution is -2.10. The summed E-state index contributed by atoms with van der Waals surface area (Å²) >= 11 is 0. The molecule has 0 spiro atoms. The average Bonchev–Trinajstić information content (AvgIpc) is 2.17. The van der Waals surface area contributed by atoms with Crippen LogP contribution in [0.1, 0.15) is 12.8 Å². The Kier molecular flexibility index (Phi) is 3.05. The van der Waals surface area contributed by atoms with Crippen LogP contribution < -0.4 is 5.73 Å². The highest BCUT2D eigenvalue weighted by atomic mass is 16.5. The van der Waals surface area contributed by atoms with Gasteiger partial charge in [0, 0.05) is 12.1 Å². The summed E-state index contributed by atoms with van der Waals surface area (Å²) in [7, 11) is 1.39. The molecule has 0 saturated heterocycles. The van der Waals surface area contributed by atoms with E-state index in [9.17, 15) is 4.79 Å². The summed E-state index contributed by atoms with van der Waals surface area (Å²) in [6.45, 7) is 0.574. The summed E-state index contributed by atoms with van der Waals surface area (Å²) in [4.78, 5) is 11.0. The van der Waals surface area contributed by atoms with Crippen LogP contribution in [0.25, 0.3) is 0 Å². The Morgan fingerprint density at radius 3 is 2.75 bits per heavy atom. The molecule has 0 aromatic rings. The van der Waals surface area contributed by atoms with E-state index in [-0.39, 0.29) is 5.97 Å². The van der Waals surface area contributed by atoms with Crippen molar-refractivity contribution in [3.8, 4) is 0 Å². The zero-order chi connectivity index (χ0) is 8.97. The second-order valence-electron chi connectivity index (χ2n) is 2.71. The maximum Gasteiger partial charge on any atom is 0.333 e. The molecule has 2 N–H and O–H groups in total. The highest BCUT2D eigenvalue weighted by molar-refractivity contribution is 5.89. The van der Waals surface area contributed by atoms with Crippen LogP contribution in [0.2, 0.25) is 0 Å². The van der Waals surface area contributed by atoms with Crippen LogP contribution in [-0.2, 0) is 9.53 Å². The third kappa shape index (κ3) is 1.95. The summed E-state index contributed by atoms with van der Waals surface area (Å²) in [6, 6.07) is 0. The first kappa shape index (κ1) is 9.00. The van der Waals surface area contributed by atoms with Gasteiger partial charge < -0.3 is 10.5 Å². The molecule has 0 radical (unpaired) electrons. The van der Waals surface area contributed by atoms with Crippen LogP contribution in [0.5, 0.6) is 0 Å². The number of ether oxygens (including phenoxy) is 1. The van der Waals surface area contributed by atoms with Gasteiger partial charge in [0.1, 0.15) is 0 Å². The zero-order valence-electron chi connectivity index (χ0n) is 7.17. The number of hydrogen-bond acceptors (Lipinski definition) is 3. The molecule has 0 fully saturated rings. The standard InChI is InChI=1S/C9H13NO2/c1-12-9(11)8-4-2-7(6-10)3-5-8/h2,4H,3,5-6,10H2,1H3. The Labute approximate surface area is 71.9 Å². The number of rotatable bonds is 2. The lowest BCUT2D eigenvalue weighted by atomic mass is 9.99. The Morgan fingerprint density at radius 2 is 2.33 bits per heavy atom. The Balaban J connectivity index is 2.66. The summed E-state index contributed by atoms with van der Waals surface area (Å²) in [6.07, 6.45) is 5.31. The first-order valence-corrected chi connectivity index (χ1v) is 3.95. The smallest absolute Gasteiger partial charge is 0.333 e. The van der Waals surface area contributed by atoms with Crippen LogP contribution in [0.15, 0.2) is 23.3 Å². The van der Waals surface area contributed by atoms with Gasteiger partial charge in [0.15, 0.2) is 0 Å². The Bertz CT molecular complexity index is 241. The van der Waals surface area contributed by atoms with Gasteiger partial charge in [-0.1, -0.05) is 17.7 Å². The molecule has 0 aromatic carbocycles. The van der Waals surface area contributed by atoms with E-state index in [1.165, 1.54) is 12.7 Å². The van der Waals surface area contributed by atoms with Crippen molar-refractivity contribution in [3.63, 3.8) is 0 Å². The molecule has 3 nitrogen and oxygen atoms in total. The van der Waals surface area contributed by atoms with Gasteiger partial charge in [0.2, 0.25) is 0 Å². The molecule has 1 rings (SSSR count). The molecule has 0 aliphatic heterocycles. The minimum absolute atomic E-state index is 0.234. The van der Waals surface area contributed by atoms with Crippen molar-refractivity contribution < 1.29 is 9.53 Å². The molecule has 3 heteroatoms. The summed E-state index contributed by atoms with van der Waals surface area (Å²) < 4.78 is 4.59. The normalized spacial score (nSPS) is 16.5. The maximum atomic E-state index is 11.0. The molecule has 66 valence electrons. The van der Waals surface area contributed by atoms with E-state index in [2.05, 4.69) is 4.74 Å². The van der Waals surface area contributed by atoms with Crippen molar-refractivity contribution in [2.45, 2.75) is 12.8 Å². The van der Waals surface area contributed by atoms with Gasteiger partial charge in [-0.25, -0.2) is 4.79 Å². The first-order chi connectivity index (χ1) is 5.77. The lowest BCUT2D eigenvalue weighted by molar-refractivity contribution is -0.136. The van der Waals surface area contributed by atoms with Crippen LogP contribution in [-0.4, -0.2) is 19.6 Å². The molecule has 0 atom stereocenters. The van der Waals surface area contributed by atoms with E-state index in [4.69, 9.17) is 5.73 Å². The molecule has 0 saturated carbocycles. The van der Waals surface area contributed by atoms with Crippen LogP contribution >= 0.6 is 0 Å².